The summed E-state index contributed by atoms with van der Waals surface area (Å²) in [5, 5.41) is 27.9. The lowest BCUT2D eigenvalue weighted by molar-refractivity contribution is -0.386. The van der Waals surface area contributed by atoms with Crippen LogP contribution in [-0.2, 0) is 6.54 Å². The number of aryl methyl sites for hydroxylation is 1. The van der Waals surface area contributed by atoms with Gasteiger partial charge in [0.15, 0.2) is 0 Å². The lowest BCUT2D eigenvalue weighted by Gasteiger charge is -2.12. The Balaban J connectivity index is 2.59. The van der Waals surface area contributed by atoms with E-state index >= 15 is 0 Å². The molecule has 0 radical (unpaired) electrons. The van der Waals surface area contributed by atoms with Crippen LogP contribution in [0, 0.1) is 24.0 Å². The second kappa shape index (κ2) is 7.01. The highest BCUT2D eigenvalue weighted by Crippen LogP contribution is 2.21. The molecule has 0 aliphatic rings. The van der Waals surface area contributed by atoms with Crippen molar-refractivity contribution in [3.8, 4) is 0 Å². The number of aromatic nitrogens is 2. The molecule has 1 rings (SSSR count). The third kappa shape index (κ3) is 4.15. The smallest absolute Gasteiger partial charge is 0.312 e. The molecule has 7 heteroatoms. The van der Waals surface area contributed by atoms with Gasteiger partial charge < -0.3 is 10.4 Å². The van der Waals surface area contributed by atoms with Crippen molar-refractivity contribution in [2.45, 2.75) is 32.9 Å². The highest BCUT2D eigenvalue weighted by atomic mass is 16.6. The van der Waals surface area contributed by atoms with E-state index in [0.29, 0.717) is 17.9 Å². The van der Waals surface area contributed by atoms with Gasteiger partial charge >= 0.3 is 5.69 Å². The molecule has 0 saturated carbocycles. The van der Waals surface area contributed by atoms with Gasteiger partial charge in [-0.2, -0.15) is 5.10 Å². The molecule has 19 heavy (non-hydrogen) atoms. The largest absolute Gasteiger partial charge is 0.390 e. The van der Waals surface area contributed by atoms with Crippen LogP contribution < -0.4 is 5.32 Å². The van der Waals surface area contributed by atoms with E-state index in [4.69, 9.17) is 0 Å². The van der Waals surface area contributed by atoms with Crippen molar-refractivity contribution >= 4 is 5.69 Å². The first-order chi connectivity index (χ1) is 8.97. The quantitative estimate of drug-likeness (QED) is 0.317. The number of aliphatic hydroxyl groups is 1. The van der Waals surface area contributed by atoms with E-state index in [1.54, 1.807) is 19.9 Å². The van der Waals surface area contributed by atoms with Gasteiger partial charge in [-0.25, -0.2) is 0 Å². The van der Waals surface area contributed by atoms with Crippen molar-refractivity contribution in [1.82, 2.24) is 15.1 Å². The molecule has 106 valence electrons. The fourth-order valence-corrected chi connectivity index (χ4v) is 1.87. The molecule has 1 aromatic rings. The predicted molar refractivity (Wildman–Crippen MR) is 72.0 cm³/mol. The minimum Gasteiger partial charge on any atom is -0.390 e. The standard InChI is InChI=1S/C12H20N4O3/c1-4-5-6-13-7-11(17)8-15-10(3)12(16(18)19)9(2)14-15/h4,11,13,17H,1,5-8H2,2-3H3. The molecule has 2 N–H and O–H groups in total. The monoisotopic (exact) mass is 268 g/mol. The average Bonchev–Trinajstić information content (AvgIpc) is 2.60. The molecule has 0 aromatic carbocycles. The number of nitrogens with one attached hydrogen (secondary N) is 1. The van der Waals surface area contributed by atoms with Crippen LogP contribution in [-0.4, -0.2) is 39.0 Å². The molecule has 1 heterocycles. The second-order valence-electron chi connectivity index (χ2n) is 4.39. The van der Waals surface area contributed by atoms with Gasteiger partial charge in [0.05, 0.1) is 17.6 Å². The van der Waals surface area contributed by atoms with Crippen LogP contribution in [0.25, 0.3) is 0 Å². The maximum Gasteiger partial charge on any atom is 0.312 e. The van der Waals surface area contributed by atoms with Gasteiger partial charge in [-0.1, -0.05) is 6.08 Å². The van der Waals surface area contributed by atoms with Crippen molar-refractivity contribution in [2.75, 3.05) is 13.1 Å². The van der Waals surface area contributed by atoms with Crippen LogP contribution in [0.4, 0.5) is 5.69 Å². The number of rotatable bonds is 8. The van der Waals surface area contributed by atoms with Crippen LogP contribution in [0.1, 0.15) is 17.8 Å². The minimum absolute atomic E-state index is 0.0202. The number of nitrogens with zero attached hydrogens (tertiary/aromatic N) is 3. The first kappa shape index (κ1) is 15.3. The van der Waals surface area contributed by atoms with Gasteiger partial charge in [0.2, 0.25) is 0 Å². The SMILES string of the molecule is C=CCCNCC(O)Cn1nc(C)c([N+](=O)[O-])c1C. The van der Waals surface area contributed by atoms with Gasteiger partial charge in [-0.15, -0.1) is 6.58 Å². The molecule has 0 bridgehead atoms. The highest BCUT2D eigenvalue weighted by Gasteiger charge is 2.22. The van der Waals surface area contributed by atoms with E-state index in [2.05, 4.69) is 17.0 Å². The molecule has 0 saturated heterocycles. The van der Waals surface area contributed by atoms with Crippen LogP contribution in [0.3, 0.4) is 0 Å². The second-order valence-corrected chi connectivity index (χ2v) is 4.39. The maximum absolute atomic E-state index is 10.9. The summed E-state index contributed by atoms with van der Waals surface area (Å²) in [6.45, 7) is 8.24. The molecule has 1 aromatic heterocycles. The molecule has 0 fully saturated rings. The van der Waals surface area contributed by atoms with Crippen molar-refractivity contribution in [3.05, 3.63) is 34.2 Å². The van der Waals surface area contributed by atoms with E-state index in [1.807, 2.05) is 0 Å². The van der Waals surface area contributed by atoms with Gasteiger partial charge in [-0.3, -0.25) is 14.8 Å². The summed E-state index contributed by atoms with van der Waals surface area (Å²) in [7, 11) is 0. The Bertz CT molecular complexity index is 456. The van der Waals surface area contributed by atoms with Crippen LogP contribution in [0.5, 0.6) is 0 Å². The molecular weight excluding hydrogens is 248 g/mol. The Morgan fingerprint density at radius 2 is 2.32 bits per heavy atom. The molecular formula is C12H20N4O3. The fraction of sp³-hybridized carbons (Fsp3) is 0.583. The summed E-state index contributed by atoms with van der Waals surface area (Å²) >= 11 is 0. The Morgan fingerprint density at radius 3 is 2.84 bits per heavy atom. The first-order valence-electron chi connectivity index (χ1n) is 6.15. The normalized spacial score (nSPS) is 12.4. The van der Waals surface area contributed by atoms with Crippen molar-refractivity contribution in [2.24, 2.45) is 0 Å². The first-order valence-corrected chi connectivity index (χ1v) is 6.15. The number of nitro groups is 1. The lowest BCUT2D eigenvalue weighted by Crippen LogP contribution is -2.31. The third-order valence-electron chi connectivity index (χ3n) is 2.81. The van der Waals surface area contributed by atoms with E-state index in [0.717, 1.165) is 13.0 Å². The molecule has 1 atom stereocenters. The Labute approximate surface area is 112 Å². The van der Waals surface area contributed by atoms with Gasteiger partial charge in [-0.05, 0) is 26.8 Å². The Kier molecular flexibility index (Phi) is 5.65. The zero-order valence-electron chi connectivity index (χ0n) is 11.3. The minimum atomic E-state index is -0.637. The maximum atomic E-state index is 10.9. The van der Waals surface area contributed by atoms with Crippen molar-refractivity contribution < 1.29 is 10.0 Å². The predicted octanol–water partition coefficient (Wildman–Crippen LogP) is 0.935. The van der Waals surface area contributed by atoms with Crippen LogP contribution in [0.2, 0.25) is 0 Å². The highest BCUT2D eigenvalue weighted by molar-refractivity contribution is 5.39. The summed E-state index contributed by atoms with van der Waals surface area (Å²) in [6, 6.07) is 0. The van der Waals surface area contributed by atoms with E-state index in [1.165, 1.54) is 4.68 Å². The molecule has 0 aliphatic carbocycles. The van der Waals surface area contributed by atoms with Gasteiger partial charge in [0, 0.05) is 6.54 Å². The third-order valence-corrected chi connectivity index (χ3v) is 2.81. The number of aliphatic hydroxyl groups excluding tert-OH is 1. The zero-order valence-corrected chi connectivity index (χ0v) is 11.3. The zero-order chi connectivity index (χ0) is 14.4. The Morgan fingerprint density at radius 1 is 1.63 bits per heavy atom. The fourth-order valence-electron chi connectivity index (χ4n) is 1.87. The molecule has 0 amide bonds. The molecule has 7 nitrogen and oxygen atoms in total. The summed E-state index contributed by atoms with van der Waals surface area (Å²) in [5.41, 5.74) is 0.855. The molecule has 1 unspecified atom stereocenters. The van der Waals surface area contributed by atoms with E-state index < -0.39 is 11.0 Å². The summed E-state index contributed by atoms with van der Waals surface area (Å²) in [4.78, 5) is 10.4. The molecule has 0 aliphatic heterocycles. The van der Waals surface area contributed by atoms with Crippen LogP contribution in [0.15, 0.2) is 12.7 Å². The van der Waals surface area contributed by atoms with Gasteiger partial charge in [0.1, 0.15) is 11.4 Å². The summed E-state index contributed by atoms with van der Waals surface area (Å²) in [6.07, 6.45) is 1.99. The number of hydrogen-bond acceptors (Lipinski definition) is 5. The summed E-state index contributed by atoms with van der Waals surface area (Å²) in [5.74, 6) is 0. The Hall–Kier alpha value is -1.73. The number of hydrogen-bond donors (Lipinski definition) is 2. The van der Waals surface area contributed by atoms with Crippen LogP contribution >= 0.6 is 0 Å². The molecule has 0 spiro atoms. The van der Waals surface area contributed by atoms with E-state index in [-0.39, 0.29) is 12.2 Å². The average molecular weight is 268 g/mol. The lowest BCUT2D eigenvalue weighted by atomic mass is 10.3. The van der Waals surface area contributed by atoms with Crippen molar-refractivity contribution in [3.63, 3.8) is 0 Å². The summed E-state index contributed by atoms with van der Waals surface area (Å²) < 4.78 is 1.48. The van der Waals surface area contributed by atoms with Gasteiger partial charge in [0.25, 0.3) is 0 Å². The van der Waals surface area contributed by atoms with Crippen molar-refractivity contribution in [1.29, 1.82) is 0 Å². The van der Waals surface area contributed by atoms with E-state index in [9.17, 15) is 15.2 Å². The topological polar surface area (TPSA) is 93.2 Å².